The van der Waals surface area contributed by atoms with Crippen LogP contribution in [0.2, 0.25) is 5.02 Å². The molecule has 0 aliphatic carbocycles. The number of esters is 1. The van der Waals surface area contributed by atoms with Gasteiger partial charge in [0.05, 0.1) is 11.1 Å². The monoisotopic (exact) mass is 408 g/mol. The smallest absolute Gasteiger partial charge is 0.343 e. The van der Waals surface area contributed by atoms with Crippen molar-refractivity contribution in [2.45, 2.75) is 6.92 Å². The van der Waals surface area contributed by atoms with E-state index in [1.54, 1.807) is 55.5 Å². The molecule has 0 atom stereocenters. The molecule has 0 unspecified atom stereocenters. The molecule has 0 radical (unpaired) electrons. The van der Waals surface area contributed by atoms with Gasteiger partial charge in [0.15, 0.2) is 5.76 Å². The van der Waals surface area contributed by atoms with E-state index in [2.05, 4.69) is 0 Å². The summed E-state index contributed by atoms with van der Waals surface area (Å²) in [7, 11) is 0. The third-order valence-corrected chi connectivity index (χ3v) is 4.65. The van der Waals surface area contributed by atoms with Crippen molar-refractivity contribution in [2.75, 3.05) is 0 Å². The van der Waals surface area contributed by atoms with Gasteiger partial charge in [-0.15, -0.1) is 0 Å². The van der Waals surface area contributed by atoms with E-state index in [1.165, 1.54) is 18.2 Å². The lowest BCUT2D eigenvalue weighted by atomic mass is 10.0. The van der Waals surface area contributed by atoms with Crippen LogP contribution in [0.15, 0.2) is 66.4 Å². The second-order valence-electron chi connectivity index (χ2n) is 6.50. The van der Waals surface area contributed by atoms with Crippen LogP contribution >= 0.6 is 11.6 Å². The Morgan fingerprint density at radius 1 is 1.07 bits per heavy atom. The molecule has 0 bridgehead atoms. The largest absolute Gasteiger partial charge is 0.452 e. The number of Topliss-reactive ketones (excluding diaryl/α,β-unsaturated/α-hetero) is 1. The molecule has 6 heteroatoms. The number of rotatable bonds is 3. The van der Waals surface area contributed by atoms with Crippen molar-refractivity contribution in [1.82, 2.24) is 0 Å². The first-order valence-corrected chi connectivity index (χ1v) is 9.11. The molecule has 1 heterocycles. The second kappa shape index (κ2) is 7.53. The van der Waals surface area contributed by atoms with E-state index >= 15 is 0 Å². The number of allylic oxidation sites excluding steroid dienone is 1. The van der Waals surface area contributed by atoms with Crippen molar-refractivity contribution in [3.63, 3.8) is 0 Å². The summed E-state index contributed by atoms with van der Waals surface area (Å²) in [5.41, 5.74) is 2.01. The number of ether oxygens (including phenoxy) is 2. The summed E-state index contributed by atoms with van der Waals surface area (Å²) in [5.74, 6) is -0.503. The molecular weight excluding hydrogens is 395 g/mol. The van der Waals surface area contributed by atoms with E-state index in [4.69, 9.17) is 21.1 Å². The van der Waals surface area contributed by atoms with E-state index in [1.807, 2.05) is 0 Å². The zero-order valence-electron chi connectivity index (χ0n) is 15.2. The molecule has 0 aromatic heterocycles. The van der Waals surface area contributed by atoms with Gasteiger partial charge in [0.2, 0.25) is 5.78 Å². The normalized spacial score (nSPS) is 13.9. The van der Waals surface area contributed by atoms with E-state index in [-0.39, 0.29) is 23.1 Å². The zero-order chi connectivity index (χ0) is 20.5. The molecule has 0 saturated heterocycles. The Labute approximate surface area is 171 Å². The van der Waals surface area contributed by atoms with Gasteiger partial charge >= 0.3 is 5.97 Å². The van der Waals surface area contributed by atoms with Crippen LogP contribution in [0.3, 0.4) is 0 Å². The van der Waals surface area contributed by atoms with Crippen molar-refractivity contribution in [3.8, 4) is 11.5 Å². The number of carbonyl (C=O) groups excluding carboxylic acids is 2. The summed E-state index contributed by atoms with van der Waals surface area (Å²) < 4.78 is 24.2. The molecule has 0 spiro atoms. The fraction of sp³-hybridized carbons (Fsp3) is 0.0435. The third kappa shape index (κ3) is 3.91. The van der Waals surface area contributed by atoms with Crippen molar-refractivity contribution >= 4 is 29.4 Å². The summed E-state index contributed by atoms with van der Waals surface area (Å²) in [6.07, 6.45) is 1.54. The highest BCUT2D eigenvalue weighted by Gasteiger charge is 2.30. The molecule has 3 aromatic rings. The first-order valence-electron chi connectivity index (χ1n) is 8.73. The first-order chi connectivity index (χ1) is 13.9. The van der Waals surface area contributed by atoms with E-state index in [0.29, 0.717) is 33.0 Å². The Kier molecular flexibility index (Phi) is 4.91. The van der Waals surface area contributed by atoms with Gasteiger partial charge in [0.1, 0.15) is 17.3 Å². The van der Waals surface area contributed by atoms with Crippen LogP contribution in [0.25, 0.3) is 6.08 Å². The lowest BCUT2D eigenvalue weighted by molar-refractivity contribution is 0.0734. The SMILES string of the molecule is Cc1cc(OC(=O)c2ccc(Cl)cc2)cc2c1C(=O)/C(=C/c1ccc(F)cc1)O2. The van der Waals surface area contributed by atoms with Gasteiger partial charge in [0, 0.05) is 11.1 Å². The van der Waals surface area contributed by atoms with E-state index < -0.39 is 5.97 Å². The Morgan fingerprint density at radius 2 is 1.76 bits per heavy atom. The topological polar surface area (TPSA) is 52.6 Å². The maximum atomic E-state index is 13.1. The number of hydrogen-bond acceptors (Lipinski definition) is 4. The number of halogens is 2. The summed E-state index contributed by atoms with van der Waals surface area (Å²) in [6.45, 7) is 1.74. The molecule has 0 saturated carbocycles. The summed E-state index contributed by atoms with van der Waals surface area (Å²) in [6, 6.07) is 15.1. The van der Waals surface area contributed by atoms with Gasteiger partial charge in [-0.25, -0.2) is 9.18 Å². The molecule has 0 fully saturated rings. The summed E-state index contributed by atoms with van der Waals surface area (Å²) in [4.78, 5) is 25.0. The number of hydrogen-bond donors (Lipinski definition) is 0. The number of aryl methyl sites for hydroxylation is 1. The van der Waals surface area contributed by atoms with E-state index in [9.17, 15) is 14.0 Å². The van der Waals surface area contributed by atoms with Gasteiger partial charge in [-0.05, 0) is 66.6 Å². The fourth-order valence-corrected chi connectivity index (χ4v) is 3.12. The van der Waals surface area contributed by atoms with Gasteiger partial charge < -0.3 is 9.47 Å². The van der Waals surface area contributed by atoms with Crippen LogP contribution in [0, 0.1) is 12.7 Å². The van der Waals surface area contributed by atoms with Gasteiger partial charge in [-0.2, -0.15) is 0 Å². The van der Waals surface area contributed by atoms with Gasteiger partial charge in [-0.3, -0.25) is 4.79 Å². The summed E-state index contributed by atoms with van der Waals surface area (Å²) in [5, 5.41) is 0.516. The second-order valence-corrected chi connectivity index (χ2v) is 6.94. The molecule has 1 aliphatic heterocycles. The van der Waals surface area contributed by atoms with Crippen molar-refractivity contribution in [1.29, 1.82) is 0 Å². The minimum absolute atomic E-state index is 0.121. The number of carbonyl (C=O) groups is 2. The maximum absolute atomic E-state index is 13.1. The predicted octanol–water partition coefficient (Wildman–Crippen LogP) is 5.62. The van der Waals surface area contributed by atoms with Crippen LogP contribution in [0.1, 0.15) is 31.8 Å². The fourth-order valence-electron chi connectivity index (χ4n) is 3.00. The molecule has 4 nitrogen and oxygen atoms in total. The average molecular weight is 409 g/mol. The summed E-state index contributed by atoms with van der Waals surface area (Å²) >= 11 is 5.83. The lowest BCUT2D eigenvalue weighted by Crippen LogP contribution is -2.08. The molecule has 0 N–H and O–H groups in total. The number of ketones is 1. The lowest BCUT2D eigenvalue weighted by Gasteiger charge is -2.08. The van der Waals surface area contributed by atoms with Crippen LogP contribution in [-0.2, 0) is 0 Å². The van der Waals surface area contributed by atoms with Crippen LogP contribution in [-0.4, -0.2) is 11.8 Å². The Hall–Kier alpha value is -3.44. The number of fused-ring (bicyclic) bond motifs is 1. The van der Waals surface area contributed by atoms with Crippen molar-refractivity contribution < 1.29 is 23.5 Å². The minimum atomic E-state index is -0.549. The predicted molar refractivity (Wildman–Crippen MR) is 107 cm³/mol. The highest BCUT2D eigenvalue weighted by Crippen LogP contribution is 2.37. The zero-order valence-corrected chi connectivity index (χ0v) is 16.0. The minimum Gasteiger partial charge on any atom is -0.452 e. The Bertz CT molecular complexity index is 1150. The molecular formula is C23H14ClFO4. The maximum Gasteiger partial charge on any atom is 0.343 e. The van der Waals surface area contributed by atoms with Gasteiger partial charge in [0.25, 0.3) is 0 Å². The van der Waals surface area contributed by atoms with Crippen LogP contribution < -0.4 is 9.47 Å². The highest BCUT2D eigenvalue weighted by atomic mass is 35.5. The first kappa shape index (κ1) is 18.9. The van der Waals surface area contributed by atoms with Crippen LogP contribution in [0.4, 0.5) is 4.39 Å². The Balaban J connectivity index is 1.59. The van der Waals surface area contributed by atoms with Gasteiger partial charge in [-0.1, -0.05) is 23.7 Å². The van der Waals surface area contributed by atoms with Crippen LogP contribution in [0.5, 0.6) is 11.5 Å². The molecule has 0 amide bonds. The molecule has 4 rings (SSSR count). The van der Waals surface area contributed by atoms with Crippen molar-refractivity contribution in [2.24, 2.45) is 0 Å². The molecule has 29 heavy (non-hydrogen) atoms. The molecule has 3 aromatic carbocycles. The standard InChI is InChI=1S/C23H14ClFO4/c1-13-10-18(28-23(27)15-4-6-16(24)7-5-15)12-19-21(13)22(26)20(29-19)11-14-2-8-17(25)9-3-14/h2-12H,1H3/b20-11-. The Morgan fingerprint density at radius 3 is 2.45 bits per heavy atom. The quantitative estimate of drug-likeness (QED) is 0.320. The van der Waals surface area contributed by atoms with Crippen molar-refractivity contribution in [3.05, 3.63) is 99.5 Å². The number of benzene rings is 3. The molecule has 1 aliphatic rings. The average Bonchev–Trinajstić information content (AvgIpc) is 3.00. The third-order valence-electron chi connectivity index (χ3n) is 4.40. The highest BCUT2D eigenvalue weighted by molar-refractivity contribution is 6.30. The van der Waals surface area contributed by atoms with E-state index in [0.717, 1.165) is 0 Å². The molecule has 144 valence electrons.